The molecule has 0 aliphatic heterocycles. The third kappa shape index (κ3) is 2.57. The number of amides is 1. The molecule has 0 spiro atoms. The highest BCUT2D eigenvalue weighted by Crippen LogP contribution is 2.09. The summed E-state index contributed by atoms with van der Waals surface area (Å²) in [5, 5.41) is 13.5. The Morgan fingerprint density at radius 1 is 1.69 bits per heavy atom. The van der Waals surface area contributed by atoms with E-state index in [0.717, 1.165) is 0 Å². The number of carbonyl (C=O) groups is 2. The van der Waals surface area contributed by atoms with Gasteiger partial charge in [-0.3, -0.25) is 9.48 Å². The molecule has 0 bridgehead atoms. The van der Waals surface area contributed by atoms with E-state index in [9.17, 15) is 14.7 Å². The van der Waals surface area contributed by atoms with Crippen molar-refractivity contribution in [1.82, 2.24) is 9.78 Å². The van der Waals surface area contributed by atoms with Crippen molar-refractivity contribution < 1.29 is 19.4 Å². The van der Waals surface area contributed by atoms with Gasteiger partial charge in [-0.05, 0) is 6.92 Å². The van der Waals surface area contributed by atoms with Crippen LogP contribution in [0.2, 0.25) is 0 Å². The summed E-state index contributed by atoms with van der Waals surface area (Å²) in [7, 11) is 1.18. The molecule has 0 aromatic carbocycles. The van der Waals surface area contributed by atoms with Crippen LogP contribution >= 0.6 is 0 Å². The number of nitrogens with two attached hydrogens (primary N) is 1. The summed E-state index contributed by atoms with van der Waals surface area (Å²) in [6.45, 7) is 1.18. The highest BCUT2D eigenvalue weighted by atomic mass is 16.5. The Morgan fingerprint density at radius 3 is 2.75 bits per heavy atom. The van der Waals surface area contributed by atoms with Gasteiger partial charge in [0.15, 0.2) is 5.60 Å². The number of hydrogen-bond acceptors (Lipinski definition) is 5. The molecule has 7 heteroatoms. The minimum absolute atomic E-state index is 0.118. The normalized spacial score (nSPS) is 14.2. The van der Waals surface area contributed by atoms with Gasteiger partial charge in [-0.2, -0.15) is 5.10 Å². The van der Waals surface area contributed by atoms with E-state index >= 15 is 0 Å². The minimum atomic E-state index is -1.70. The Morgan fingerprint density at radius 2 is 2.31 bits per heavy atom. The van der Waals surface area contributed by atoms with Crippen LogP contribution in [-0.4, -0.2) is 39.5 Å². The predicted molar refractivity (Wildman–Crippen MR) is 53.4 cm³/mol. The van der Waals surface area contributed by atoms with E-state index in [0.29, 0.717) is 0 Å². The Balaban J connectivity index is 2.80. The third-order valence-corrected chi connectivity index (χ3v) is 2.01. The molecule has 0 fully saturated rings. The second kappa shape index (κ2) is 4.31. The van der Waals surface area contributed by atoms with Crippen LogP contribution in [0.4, 0.5) is 0 Å². The number of ether oxygens (including phenoxy) is 1. The summed E-state index contributed by atoms with van der Waals surface area (Å²) in [5.74, 6) is -1.40. The van der Waals surface area contributed by atoms with E-state index in [1.807, 2.05) is 0 Å². The molecule has 1 heterocycles. The zero-order valence-corrected chi connectivity index (χ0v) is 9.01. The molecule has 0 radical (unpaired) electrons. The van der Waals surface area contributed by atoms with E-state index in [-0.39, 0.29) is 12.1 Å². The summed E-state index contributed by atoms with van der Waals surface area (Å²) in [4.78, 5) is 22.0. The average molecular weight is 227 g/mol. The van der Waals surface area contributed by atoms with E-state index in [1.165, 1.54) is 31.1 Å². The van der Waals surface area contributed by atoms with Crippen molar-refractivity contribution >= 4 is 11.9 Å². The molecule has 88 valence electrons. The van der Waals surface area contributed by atoms with Gasteiger partial charge in [-0.1, -0.05) is 0 Å². The highest BCUT2D eigenvalue weighted by molar-refractivity contribution is 5.92. The Kier molecular flexibility index (Phi) is 3.28. The molecule has 0 aliphatic rings. The Bertz CT molecular complexity index is 411. The van der Waals surface area contributed by atoms with Gasteiger partial charge < -0.3 is 15.6 Å². The topological polar surface area (TPSA) is 107 Å². The van der Waals surface area contributed by atoms with E-state index < -0.39 is 17.5 Å². The fourth-order valence-electron chi connectivity index (χ4n) is 1.18. The van der Waals surface area contributed by atoms with Gasteiger partial charge in [0, 0.05) is 6.20 Å². The molecular weight excluding hydrogens is 214 g/mol. The second-order valence-corrected chi connectivity index (χ2v) is 3.56. The van der Waals surface area contributed by atoms with Crippen molar-refractivity contribution in [3.05, 3.63) is 18.0 Å². The van der Waals surface area contributed by atoms with E-state index in [2.05, 4.69) is 9.84 Å². The molecule has 0 saturated heterocycles. The lowest BCUT2D eigenvalue weighted by Crippen LogP contribution is -2.40. The maximum absolute atomic E-state index is 11.2. The molecule has 7 nitrogen and oxygen atoms in total. The van der Waals surface area contributed by atoms with Crippen LogP contribution in [0.5, 0.6) is 0 Å². The van der Waals surface area contributed by atoms with Crippen molar-refractivity contribution in [3.8, 4) is 0 Å². The standard InChI is InChI=1S/C9H13N3O4/c1-9(15,8(14)16-2)5-12-4-6(3-11-12)7(10)13/h3-4,15H,5H2,1-2H3,(H2,10,13). The Hall–Kier alpha value is -1.89. The number of aliphatic hydroxyl groups is 1. The van der Waals surface area contributed by atoms with Crippen molar-refractivity contribution in [3.63, 3.8) is 0 Å². The second-order valence-electron chi connectivity index (χ2n) is 3.56. The maximum atomic E-state index is 11.2. The number of nitrogens with zero attached hydrogens (tertiary/aromatic N) is 2. The first-order chi connectivity index (χ1) is 7.36. The average Bonchev–Trinajstić information content (AvgIpc) is 2.64. The van der Waals surface area contributed by atoms with Crippen molar-refractivity contribution in [2.75, 3.05) is 7.11 Å². The van der Waals surface area contributed by atoms with Crippen LogP contribution in [0, 0.1) is 0 Å². The highest BCUT2D eigenvalue weighted by Gasteiger charge is 2.32. The first-order valence-corrected chi connectivity index (χ1v) is 4.50. The van der Waals surface area contributed by atoms with Crippen LogP contribution in [0.3, 0.4) is 0 Å². The first-order valence-electron chi connectivity index (χ1n) is 4.50. The van der Waals surface area contributed by atoms with Gasteiger partial charge in [0.2, 0.25) is 0 Å². The van der Waals surface area contributed by atoms with Crippen LogP contribution in [0.15, 0.2) is 12.4 Å². The van der Waals surface area contributed by atoms with Crippen LogP contribution in [-0.2, 0) is 16.1 Å². The molecule has 1 atom stereocenters. The number of esters is 1. The summed E-state index contributed by atoms with van der Waals surface area (Å²) in [6.07, 6.45) is 2.61. The molecule has 16 heavy (non-hydrogen) atoms. The molecule has 1 aromatic heterocycles. The van der Waals surface area contributed by atoms with Gasteiger partial charge in [-0.25, -0.2) is 4.79 Å². The Labute approximate surface area is 91.8 Å². The van der Waals surface area contributed by atoms with Gasteiger partial charge in [-0.15, -0.1) is 0 Å². The van der Waals surface area contributed by atoms with E-state index in [4.69, 9.17) is 5.73 Å². The minimum Gasteiger partial charge on any atom is -0.467 e. The molecule has 0 aliphatic carbocycles. The van der Waals surface area contributed by atoms with Crippen molar-refractivity contribution in [2.45, 2.75) is 19.1 Å². The molecule has 1 amide bonds. The summed E-state index contributed by atoms with van der Waals surface area (Å²) >= 11 is 0. The SMILES string of the molecule is COC(=O)C(C)(O)Cn1cc(C(N)=O)cn1. The first kappa shape index (κ1) is 12.2. The molecule has 1 rings (SSSR count). The predicted octanol–water partition coefficient (Wildman–Crippen LogP) is -1.09. The van der Waals surface area contributed by atoms with Gasteiger partial charge in [0.25, 0.3) is 5.91 Å². The smallest absolute Gasteiger partial charge is 0.339 e. The molecule has 1 unspecified atom stereocenters. The summed E-state index contributed by atoms with van der Waals surface area (Å²) in [5.41, 5.74) is 3.54. The zero-order chi connectivity index (χ0) is 12.3. The van der Waals surface area contributed by atoms with Gasteiger partial charge in [0.1, 0.15) is 0 Å². The summed E-state index contributed by atoms with van der Waals surface area (Å²) < 4.78 is 5.67. The molecule has 0 saturated carbocycles. The van der Waals surface area contributed by atoms with Crippen LogP contribution in [0.25, 0.3) is 0 Å². The van der Waals surface area contributed by atoms with Crippen molar-refractivity contribution in [2.24, 2.45) is 5.73 Å². The number of rotatable bonds is 4. The largest absolute Gasteiger partial charge is 0.467 e. The third-order valence-electron chi connectivity index (χ3n) is 2.01. The van der Waals surface area contributed by atoms with Crippen LogP contribution in [0.1, 0.15) is 17.3 Å². The van der Waals surface area contributed by atoms with Crippen molar-refractivity contribution in [1.29, 1.82) is 0 Å². The van der Waals surface area contributed by atoms with Gasteiger partial charge >= 0.3 is 5.97 Å². The van der Waals surface area contributed by atoms with Crippen LogP contribution < -0.4 is 5.73 Å². The lowest BCUT2D eigenvalue weighted by atomic mass is 10.1. The molecule has 3 N–H and O–H groups in total. The van der Waals surface area contributed by atoms with Gasteiger partial charge in [0.05, 0.1) is 25.4 Å². The molecular formula is C9H13N3O4. The van der Waals surface area contributed by atoms with E-state index in [1.54, 1.807) is 0 Å². The fraction of sp³-hybridized carbons (Fsp3) is 0.444. The maximum Gasteiger partial charge on any atom is 0.339 e. The summed E-state index contributed by atoms with van der Waals surface area (Å²) in [6, 6.07) is 0. The number of primary amides is 1. The lowest BCUT2D eigenvalue weighted by molar-refractivity contribution is -0.162. The lowest BCUT2D eigenvalue weighted by Gasteiger charge is -2.19. The number of carbonyl (C=O) groups excluding carboxylic acids is 2. The fourth-order valence-corrected chi connectivity index (χ4v) is 1.18. The number of hydrogen-bond donors (Lipinski definition) is 2. The monoisotopic (exact) mass is 227 g/mol. The number of methoxy groups -OCH3 is 1. The zero-order valence-electron chi connectivity index (χ0n) is 9.01. The quantitative estimate of drug-likeness (QED) is 0.635. The molecule has 1 aromatic rings. The number of aromatic nitrogens is 2.